The van der Waals surface area contributed by atoms with E-state index in [1.165, 1.54) is 0 Å². The molecular weight excluding hydrogens is 268 g/mol. The molecule has 0 heterocycles. The smallest absolute Gasteiger partial charge is 0.335 e. The molecule has 110 valence electrons. The fourth-order valence-electron chi connectivity index (χ4n) is 2.64. The maximum atomic E-state index is 13.8. The van der Waals surface area contributed by atoms with E-state index in [0.29, 0.717) is 0 Å². The number of aliphatic hydroxyl groups excluding tert-OH is 1. The number of rotatable bonds is 4. The Balaban J connectivity index is 2.22. The number of benzene rings is 1. The summed E-state index contributed by atoms with van der Waals surface area (Å²) in [6.07, 6.45) is 3.46. The monoisotopic (exact) mass is 285 g/mol. The minimum absolute atomic E-state index is 0.0336. The summed E-state index contributed by atoms with van der Waals surface area (Å²) in [4.78, 5) is 10.7. The molecule has 2 rings (SSSR count). The second-order valence-corrected chi connectivity index (χ2v) is 5.10. The minimum Gasteiger partial charge on any atom is -0.478 e. The molecule has 6 heteroatoms. The molecule has 1 saturated carbocycles. The predicted molar refractivity (Wildman–Crippen MR) is 69.8 cm³/mol. The zero-order chi connectivity index (χ0) is 14.7. The molecule has 0 aromatic heterocycles. The summed E-state index contributed by atoms with van der Waals surface area (Å²) >= 11 is 0. The van der Waals surface area contributed by atoms with Crippen LogP contribution in [0.2, 0.25) is 0 Å². The highest BCUT2D eigenvalue weighted by Crippen LogP contribution is 2.29. The Morgan fingerprint density at radius 2 is 1.85 bits per heavy atom. The third kappa shape index (κ3) is 3.07. The summed E-state index contributed by atoms with van der Waals surface area (Å²) < 4.78 is 27.7. The van der Waals surface area contributed by atoms with Gasteiger partial charge >= 0.3 is 5.97 Å². The first kappa shape index (κ1) is 14.7. The number of carboxylic acids is 1. The molecule has 3 N–H and O–H groups in total. The lowest BCUT2D eigenvalue weighted by atomic mass is 9.85. The second-order valence-electron chi connectivity index (χ2n) is 5.10. The Bertz CT molecular complexity index is 484. The van der Waals surface area contributed by atoms with E-state index in [0.717, 1.165) is 37.8 Å². The van der Waals surface area contributed by atoms with E-state index in [9.17, 15) is 18.7 Å². The van der Waals surface area contributed by atoms with Crippen LogP contribution in [0.15, 0.2) is 12.1 Å². The van der Waals surface area contributed by atoms with Crippen molar-refractivity contribution in [1.82, 2.24) is 0 Å². The van der Waals surface area contributed by atoms with E-state index in [-0.39, 0.29) is 24.3 Å². The Morgan fingerprint density at radius 1 is 1.25 bits per heavy atom. The number of halogens is 2. The Labute approximate surface area is 115 Å². The van der Waals surface area contributed by atoms with E-state index in [2.05, 4.69) is 5.32 Å². The zero-order valence-electron chi connectivity index (χ0n) is 10.9. The number of anilines is 1. The van der Waals surface area contributed by atoms with Gasteiger partial charge in [-0.2, -0.15) is 0 Å². The van der Waals surface area contributed by atoms with Gasteiger partial charge in [-0.25, -0.2) is 13.6 Å². The van der Waals surface area contributed by atoms with E-state index in [1.807, 2.05) is 0 Å². The van der Waals surface area contributed by atoms with Crippen LogP contribution >= 0.6 is 0 Å². The van der Waals surface area contributed by atoms with Crippen LogP contribution < -0.4 is 5.32 Å². The molecule has 0 saturated heterocycles. The number of carboxylic acid groups (broad SMARTS) is 1. The third-order valence-corrected chi connectivity index (χ3v) is 3.76. The first-order chi connectivity index (χ1) is 9.52. The van der Waals surface area contributed by atoms with Crippen molar-refractivity contribution < 1.29 is 23.8 Å². The van der Waals surface area contributed by atoms with Crippen molar-refractivity contribution in [2.75, 3.05) is 11.9 Å². The molecule has 1 aliphatic carbocycles. The van der Waals surface area contributed by atoms with Gasteiger partial charge in [0.15, 0.2) is 0 Å². The van der Waals surface area contributed by atoms with Gasteiger partial charge in [0.25, 0.3) is 0 Å². The SMILES string of the molecule is O=C(O)c1cc(F)c(NC2CCCCC2CO)c(F)c1. The zero-order valence-corrected chi connectivity index (χ0v) is 10.9. The van der Waals surface area contributed by atoms with Crippen LogP contribution in [0.5, 0.6) is 0 Å². The van der Waals surface area contributed by atoms with Gasteiger partial charge in [0.2, 0.25) is 0 Å². The molecular formula is C14H17F2NO3. The first-order valence-corrected chi connectivity index (χ1v) is 6.62. The van der Waals surface area contributed by atoms with Crippen molar-refractivity contribution in [3.8, 4) is 0 Å². The summed E-state index contributed by atoms with van der Waals surface area (Å²) in [7, 11) is 0. The van der Waals surface area contributed by atoms with E-state index in [1.54, 1.807) is 0 Å². The van der Waals surface area contributed by atoms with Gasteiger partial charge in [0.05, 0.1) is 5.56 Å². The van der Waals surface area contributed by atoms with Crippen molar-refractivity contribution in [1.29, 1.82) is 0 Å². The quantitative estimate of drug-likeness (QED) is 0.795. The summed E-state index contributed by atoms with van der Waals surface area (Å²) in [6.45, 7) is -0.0336. The lowest BCUT2D eigenvalue weighted by Gasteiger charge is -2.31. The molecule has 1 fully saturated rings. The van der Waals surface area contributed by atoms with E-state index >= 15 is 0 Å². The van der Waals surface area contributed by atoms with Crippen molar-refractivity contribution >= 4 is 11.7 Å². The number of hydrogen-bond acceptors (Lipinski definition) is 3. The Morgan fingerprint density at radius 3 is 2.40 bits per heavy atom. The highest BCUT2D eigenvalue weighted by molar-refractivity contribution is 5.88. The van der Waals surface area contributed by atoms with Crippen molar-refractivity contribution in [3.05, 3.63) is 29.3 Å². The van der Waals surface area contributed by atoms with Gasteiger partial charge in [-0.05, 0) is 25.0 Å². The number of hydrogen-bond donors (Lipinski definition) is 3. The topological polar surface area (TPSA) is 69.6 Å². The average molecular weight is 285 g/mol. The van der Waals surface area contributed by atoms with Gasteiger partial charge in [0, 0.05) is 18.6 Å². The number of aromatic carboxylic acids is 1. The third-order valence-electron chi connectivity index (χ3n) is 3.76. The van der Waals surface area contributed by atoms with Crippen LogP contribution in [0.25, 0.3) is 0 Å². The Hall–Kier alpha value is -1.69. The molecule has 0 bridgehead atoms. The maximum absolute atomic E-state index is 13.8. The van der Waals surface area contributed by atoms with Crippen LogP contribution in [0.4, 0.5) is 14.5 Å². The molecule has 1 aliphatic rings. The number of carbonyl (C=O) groups is 1. The summed E-state index contributed by atoms with van der Waals surface area (Å²) in [5.41, 5.74) is -0.742. The second kappa shape index (κ2) is 6.17. The molecule has 20 heavy (non-hydrogen) atoms. The number of nitrogens with one attached hydrogen (secondary N) is 1. The van der Waals surface area contributed by atoms with E-state index in [4.69, 9.17) is 5.11 Å². The molecule has 2 atom stereocenters. The van der Waals surface area contributed by atoms with Crippen LogP contribution in [0.3, 0.4) is 0 Å². The van der Waals surface area contributed by atoms with Crippen LogP contribution in [0.1, 0.15) is 36.0 Å². The Kier molecular flexibility index (Phi) is 4.54. The van der Waals surface area contributed by atoms with Crippen LogP contribution in [-0.2, 0) is 0 Å². The van der Waals surface area contributed by atoms with Crippen LogP contribution in [0, 0.1) is 17.6 Å². The fourth-order valence-corrected chi connectivity index (χ4v) is 2.64. The van der Waals surface area contributed by atoms with Gasteiger partial charge in [-0.15, -0.1) is 0 Å². The average Bonchev–Trinajstić information content (AvgIpc) is 2.42. The summed E-state index contributed by atoms with van der Waals surface area (Å²) in [6, 6.07) is 1.39. The van der Waals surface area contributed by atoms with Crippen molar-refractivity contribution in [2.24, 2.45) is 5.92 Å². The molecule has 0 amide bonds. The molecule has 0 aliphatic heterocycles. The highest BCUT2D eigenvalue weighted by atomic mass is 19.1. The minimum atomic E-state index is -1.37. The molecule has 0 spiro atoms. The van der Waals surface area contributed by atoms with Crippen molar-refractivity contribution in [3.63, 3.8) is 0 Å². The molecule has 0 radical (unpaired) electrons. The maximum Gasteiger partial charge on any atom is 0.335 e. The summed E-state index contributed by atoms with van der Waals surface area (Å²) in [5, 5.41) is 20.8. The van der Waals surface area contributed by atoms with Gasteiger partial charge in [-0.3, -0.25) is 0 Å². The molecule has 4 nitrogen and oxygen atoms in total. The molecule has 1 aromatic rings. The standard InChI is InChI=1S/C14H17F2NO3/c15-10-5-9(14(19)20)6-11(16)13(10)17-12-4-2-1-3-8(12)7-18/h5-6,8,12,17-18H,1-4,7H2,(H,19,20). The van der Waals surface area contributed by atoms with E-state index < -0.39 is 23.2 Å². The van der Waals surface area contributed by atoms with Gasteiger partial charge in [0.1, 0.15) is 17.3 Å². The largest absolute Gasteiger partial charge is 0.478 e. The number of aliphatic hydroxyl groups is 1. The van der Waals surface area contributed by atoms with Gasteiger partial charge in [-0.1, -0.05) is 12.8 Å². The summed E-state index contributed by atoms with van der Waals surface area (Å²) in [5.74, 6) is -3.27. The van der Waals surface area contributed by atoms with Crippen molar-refractivity contribution in [2.45, 2.75) is 31.7 Å². The lowest BCUT2D eigenvalue weighted by Crippen LogP contribution is -2.35. The normalized spacial score (nSPS) is 22.6. The lowest BCUT2D eigenvalue weighted by molar-refractivity contribution is 0.0696. The highest BCUT2D eigenvalue weighted by Gasteiger charge is 2.26. The molecule has 2 unspecified atom stereocenters. The van der Waals surface area contributed by atoms with Crippen LogP contribution in [-0.4, -0.2) is 28.8 Å². The molecule has 1 aromatic carbocycles. The fraction of sp³-hybridized carbons (Fsp3) is 0.500. The first-order valence-electron chi connectivity index (χ1n) is 6.62. The predicted octanol–water partition coefficient (Wildman–Crippen LogP) is 2.63. The van der Waals surface area contributed by atoms with Gasteiger partial charge < -0.3 is 15.5 Å².